The van der Waals surface area contributed by atoms with Crippen molar-refractivity contribution in [1.82, 2.24) is 19.1 Å². The number of aryl methyl sites for hydroxylation is 3. The summed E-state index contributed by atoms with van der Waals surface area (Å²) in [6.45, 7) is 6.69. The molecule has 0 aliphatic carbocycles. The van der Waals surface area contributed by atoms with Crippen LogP contribution in [0.3, 0.4) is 0 Å². The van der Waals surface area contributed by atoms with E-state index < -0.39 is 0 Å². The zero-order chi connectivity index (χ0) is 27.1. The number of rotatable bonds is 7. The predicted octanol–water partition coefficient (Wildman–Crippen LogP) is 7.77. The molecule has 0 amide bonds. The summed E-state index contributed by atoms with van der Waals surface area (Å²) in [4.78, 5) is 22.2. The van der Waals surface area contributed by atoms with Gasteiger partial charge in [0.15, 0.2) is 5.78 Å². The predicted molar refractivity (Wildman–Crippen MR) is 159 cm³/mol. The lowest BCUT2D eigenvalue weighted by Gasteiger charge is -2.12. The molecule has 0 aliphatic rings. The van der Waals surface area contributed by atoms with E-state index in [1.807, 2.05) is 30.3 Å². The van der Waals surface area contributed by atoms with Crippen LogP contribution < -0.4 is 0 Å². The van der Waals surface area contributed by atoms with Gasteiger partial charge < -0.3 is 9.13 Å². The molecule has 2 aromatic heterocycles. The Morgan fingerprint density at radius 3 is 2.33 bits per heavy atom. The van der Waals surface area contributed by atoms with Gasteiger partial charge in [-0.25, -0.2) is 9.97 Å². The summed E-state index contributed by atoms with van der Waals surface area (Å²) >= 11 is 0. The van der Waals surface area contributed by atoms with Crippen LogP contribution in [0.25, 0.3) is 44.6 Å². The van der Waals surface area contributed by atoms with Gasteiger partial charge in [-0.1, -0.05) is 67.6 Å². The molecule has 0 saturated heterocycles. The molecule has 4 aromatic carbocycles. The Balaban J connectivity index is 1.42. The van der Waals surface area contributed by atoms with E-state index in [1.54, 1.807) is 6.92 Å². The van der Waals surface area contributed by atoms with Crippen molar-refractivity contribution in [3.8, 4) is 22.5 Å². The molecule has 0 fully saturated rings. The molecule has 6 rings (SSSR count). The molecular weight excluding hydrogens is 480 g/mol. The highest BCUT2D eigenvalue weighted by atomic mass is 16.1. The van der Waals surface area contributed by atoms with Crippen LogP contribution in [-0.2, 0) is 20.0 Å². The van der Waals surface area contributed by atoms with Crippen LogP contribution in [0.1, 0.15) is 47.6 Å². The Morgan fingerprint density at radius 2 is 1.59 bits per heavy atom. The van der Waals surface area contributed by atoms with Crippen LogP contribution in [-0.4, -0.2) is 24.9 Å². The smallest absolute Gasteiger partial charge is 0.160 e. The summed E-state index contributed by atoms with van der Waals surface area (Å²) < 4.78 is 4.53. The fraction of sp³-hybridized carbons (Fsp3) is 0.206. The van der Waals surface area contributed by atoms with Crippen molar-refractivity contribution in [2.45, 2.75) is 40.2 Å². The third-order valence-electron chi connectivity index (χ3n) is 7.55. The maximum absolute atomic E-state index is 12.2. The molecule has 2 heterocycles. The van der Waals surface area contributed by atoms with Gasteiger partial charge in [0.1, 0.15) is 11.6 Å². The number of Topliss-reactive ketones (excluding diaryl/α,β-unsaturated/α-hetero) is 1. The molecule has 0 N–H and O–H groups in total. The summed E-state index contributed by atoms with van der Waals surface area (Å²) in [6.07, 6.45) is 1.95. The topological polar surface area (TPSA) is 52.7 Å². The Hall–Kier alpha value is -4.51. The number of nitrogens with zero attached hydrogens (tertiary/aromatic N) is 4. The van der Waals surface area contributed by atoms with Crippen molar-refractivity contribution in [1.29, 1.82) is 0 Å². The van der Waals surface area contributed by atoms with Gasteiger partial charge in [0.05, 0.1) is 22.1 Å². The number of carbonyl (C=O) groups excluding carboxylic acids is 1. The lowest BCUT2D eigenvalue weighted by atomic mass is 9.97. The quantitative estimate of drug-likeness (QED) is 0.205. The summed E-state index contributed by atoms with van der Waals surface area (Å²) in [6, 6.07) is 29.1. The number of fused-ring (bicyclic) bond motifs is 2. The van der Waals surface area contributed by atoms with Crippen LogP contribution in [0.5, 0.6) is 0 Å². The monoisotopic (exact) mass is 512 g/mol. The second kappa shape index (κ2) is 9.99. The molecule has 0 unspecified atom stereocenters. The summed E-state index contributed by atoms with van der Waals surface area (Å²) in [5.74, 6) is 2.14. The fourth-order valence-corrected chi connectivity index (χ4v) is 5.58. The Kier molecular flexibility index (Phi) is 6.35. The van der Waals surface area contributed by atoms with Crippen molar-refractivity contribution in [2.24, 2.45) is 7.05 Å². The molecule has 0 radical (unpaired) electrons. The zero-order valence-corrected chi connectivity index (χ0v) is 22.9. The zero-order valence-electron chi connectivity index (χ0n) is 22.9. The first-order chi connectivity index (χ1) is 18.9. The highest BCUT2D eigenvalue weighted by Gasteiger charge is 2.17. The molecule has 39 heavy (non-hydrogen) atoms. The van der Waals surface area contributed by atoms with Crippen molar-refractivity contribution in [3.05, 3.63) is 107 Å². The first-order valence-electron chi connectivity index (χ1n) is 13.6. The third-order valence-corrected chi connectivity index (χ3v) is 7.55. The van der Waals surface area contributed by atoms with Gasteiger partial charge in [-0.15, -0.1) is 0 Å². The maximum Gasteiger partial charge on any atom is 0.160 e. The van der Waals surface area contributed by atoms with E-state index in [2.05, 4.69) is 84.6 Å². The van der Waals surface area contributed by atoms with Crippen LogP contribution in [0, 0.1) is 6.92 Å². The Morgan fingerprint density at radius 1 is 0.846 bits per heavy atom. The molecule has 0 saturated carbocycles. The lowest BCUT2D eigenvalue weighted by molar-refractivity contribution is 0.101. The van der Waals surface area contributed by atoms with Gasteiger partial charge in [0.25, 0.3) is 0 Å². The molecule has 5 nitrogen and oxygen atoms in total. The lowest BCUT2D eigenvalue weighted by Crippen LogP contribution is -2.05. The normalized spacial score (nSPS) is 11.5. The van der Waals surface area contributed by atoms with Gasteiger partial charge in [-0.3, -0.25) is 4.79 Å². The molecule has 0 bridgehead atoms. The molecule has 0 atom stereocenters. The van der Waals surface area contributed by atoms with E-state index in [-0.39, 0.29) is 5.78 Å². The van der Waals surface area contributed by atoms with Crippen molar-refractivity contribution in [3.63, 3.8) is 0 Å². The largest absolute Gasteiger partial charge is 0.327 e. The average molecular weight is 513 g/mol. The van der Waals surface area contributed by atoms with E-state index in [1.165, 1.54) is 5.56 Å². The van der Waals surface area contributed by atoms with Gasteiger partial charge in [0.2, 0.25) is 0 Å². The number of para-hydroxylation sites is 2. The van der Waals surface area contributed by atoms with Crippen molar-refractivity contribution < 1.29 is 4.79 Å². The summed E-state index contributed by atoms with van der Waals surface area (Å²) in [5, 5.41) is 0. The van der Waals surface area contributed by atoms with Crippen LogP contribution in [0.2, 0.25) is 0 Å². The third kappa shape index (κ3) is 4.44. The van der Waals surface area contributed by atoms with Crippen molar-refractivity contribution >= 4 is 27.9 Å². The van der Waals surface area contributed by atoms with Crippen LogP contribution in [0.4, 0.5) is 0 Å². The number of ketones is 1. The highest BCUT2D eigenvalue weighted by Crippen LogP contribution is 2.31. The molecular formula is C34H32N4O. The Bertz CT molecular complexity index is 1840. The molecule has 0 spiro atoms. The minimum absolute atomic E-state index is 0.0792. The fourth-order valence-electron chi connectivity index (χ4n) is 5.58. The van der Waals surface area contributed by atoms with E-state index in [0.717, 1.165) is 80.9 Å². The second-order valence-corrected chi connectivity index (χ2v) is 10.3. The molecule has 5 heteroatoms. The molecule has 6 aromatic rings. The average Bonchev–Trinajstić information content (AvgIpc) is 3.47. The van der Waals surface area contributed by atoms with E-state index in [0.29, 0.717) is 0 Å². The summed E-state index contributed by atoms with van der Waals surface area (Å²) in [5.41, 5.74) is 10.5. The van der Waals surface area contributed by atoms with E-state index in [9.17, 15) is 4.79 Å². The first-order valence-corrected chi connectivity index (χ1v) is 13.6. The van der Waals surface area contributed by atoms with Crippen LogP contribution in [0.15, 0.2) is 84.9 Å². The van der Waals surface area contributed by atoms with Gasteiger partial charge >= 0.3 is 0 Å². The molecule has 194 valence electrons. The van der Waals surface area contributed by atoms with Gasteiger partial charge in [0, 0.05) is 31.1 Å². The SMILES string of the molecule is CCCc1nc2c(C)cc(-c3nc4ccccc4n3C)cc2n1Cc1ccc(-c2ccccc2C(C)=O)cc1. The van der Waals surface area contributed by atoms with Crippen molar-refractivity contribution in [2.75, 3.05) is 0 Å². The number of carbonyl (C=O) groups is 1. The first kappa shape index (κ1) is 24.8. The summed E-state index contributed by atoms with van der Waals surface area (Å²) in [7, 11) is 2.08. The number of hydrogen-bond acceptors (Lipinski definition) is 3. The van der Waals surface area contributed by atoms with E-state index >= 15 is 0 Å². The van der Waals surface area contributed by atoms with E-state index in [4.69, 9.17) is 9.97 Å². The highest BCUT2D eigenvalue weighted by molar-refractivity contribution is 6.00. The van der Waals surface area contributed by atoms with Gasteiger partial charge in [-0.05, 0) is 66.8 Å². The minimum Gasteiger partial charge on any atom is -0.327 e. The van der Waals surface area contributed by atoms with Gasteiger partial charge in [-0.2, -0.15) is 0 Å². The Labute approximate surface area is 228 Å². The number of imidazole rings is 2. The number of hydrogen-bond donors (Lipinski definition) is 0. The maximum atomic E-state index is 12.2. The number of aromatic nitrogens is 4. The standard InChI is InChI=1S/C34H32N4O/c1-5-10-32-36-33-22(2)19-26(34-35-29-13-8-9-14-30(29)37(34)4)20-31(33)38(32)21-24-15-17-25(18-16-24)28-12-7-6-11-27(28)23(3)39/h6-9,11-20H,5,10,21H2,1-4H3. The second-order valence-electron chi connectivity index (χ2n) is 10.3. The minimum atomic E-state index is 0.0792. The van der Waals surface area contributed by atoms with Crippen LogP contribution >= 0.6 is 0 Å². The molecule has 0 aliphatic heterocycles. The number of benzene rings is 4.